The minimum absolute atomic E-state index is 0.102. The number of piperazine rings is 1. The monoisotopic (exact) mass is 547 g/mol. The predicted molar refractivity (Wildman–Crippen MR) is 150 cm³/mol. The maximum Gasteiger partial charge on any atom is 0.410 e. The first-order chi connectivity index (χ1) is 18.6. The molecule has 39 heavy (non-hydrogen) atoms. The van der Waals surface area contributed by atoms with E-state index in [0.717, 1.165) is 15.8 Å². The van der Waals surface area contributed by atoms with Crippen molar-refractivity contribution in [2.24, 2.45) is 0 Å². The Bertz CT molecular complexity index is 1520. The van der Waals surface area contributed by atoms with Gasteiger partial charge in [0.2, 0.25) is 5.95 Å². The molecule has 0 aliphatic carbocycles. The molecule has 3 heterocycles. The lowest BCUT2D eigenvalue weighted by Gasteiger charge is -2.35. The molecule has 2 amide bonds. The van der Waals surface area contributed by atoms with Gasteiger partial charge in [0, 0.05) is 71.7 Å². The van der Waals surface area contributed by atoms with Gasteiger partial charge in [-0.3, -0.25) is 9.36 Å². The highest BCUT2D eigenvalue weighted by molar-refractivity contribution is 7.98. The SMILES string of the molecule is CSc1cn(-c2ncc(-c3ccccc3F)cn2)c2cc(C(=O)N3CCN(C(=O)OC(C)(C)C)CC3)ccc12. The lowest BCUT2D eigenvalue weighted by molar-refractivity contribution is 0.0141. The molecule has 4 aromatic rings. The Kier molecular flexibility index (Phi) is 7.31. The number of aromatic nitrogens is 3. The summed E-state index contributed by atoms with van der Waals surface area (Å²) < 4.78 is 21.5. The van der Waals surface area contributed by atoms with Crippen molar-refractivity contribution in [3.63, 3.8) is 0 Å². The highest BCUT2D eigenvalue weighted by Crippen LogP contribution is 2.31. The van der Waals surface area contributed by atoms with Gasteiger partial charge in [-0.2, -0.15) is 0 Å². The molecular formula is C29H30FN5O3S. The van der Waals surface area contributed by atoms with Crippen LogP contribution in [0.5, 0.6) is 0 Å². The molecule has 8 nitrogen and oxygen atoms in total. The molecule has 1 saturated heterocycles. The lowest BCUT2D eigenvalue weighted by atomic mass is 10.1. The molecule has 0 unspecified atom stereocenters. The van der Waals surface area contributed by atoms with Crippen LogP contribution in [0, 0.1) is 5.82 Å². The van der Waals surface area contributed by atoms with E-state index in [-0.39, 0.29) is 17.8 Å². The van der Waals surface area contributed by atoms with Gasteiger partial charge >= 0.3 is 6.09 Å². The van der Waals surface area contributed by atoms with Gasteiger partial charge in [0.25, 0.3) is 5.91 Å². The number of benzene rings is 2. The second kappa shape index (κ2) is 10.7. The summed E-state index contributed by atoms with van der Waals surface area (Å²) in [5.74, 6) is -0.00834. The summed E-state index contributed by atoms with van der Waals surface area (Å²) in [5, 5.41) is 0.982. The number of fused-ring (bicyclic) bond motifs is 1. The lowest BCUT2D eigenvalue weighted by Crippen LogP contribution is -2.51. The van der Waals surface area contributed by atoms with Crippen LogP contribution >= 0.6 is 11.8 Å². The van der Waals surface area contributed by atoms with Crippen LogP contribution in [0.1, 0.15) is 31.1 Å². The summed E-state index contributed by atoms with van der Waals surface area (Å²) in [6, 6.07) is 12.1. The molecule has 1 aliphatic rings. The van der Waals surface area contributed by atoms with Crippen molar-refractivity contribution >= 4 is 34.7 Å². The Morgan fingerprint density at radius 3 is 2.28 bits per heavy atom. The average Bonchev–Trinajstić information content (AvgIpc) is 3.30. The van der Waals surface area contributed by atoms with E-state index in [4.69, 9.17) is 4.74 Å². The number of hydrogen-bond donors (Lipinski definition) is 0. The van der Waals surface area contributed by atoms with Crippen molar-refractivity contribution in [3.8, 4) is 17.1 Å². The Morgan fingerprint density at radius 2 is 1.64 bits per heavy atom. The van der Waals surface area contributed by atoms with Crippen LogP contribution in [-0.2, 0) is 4.74 Å². The van der Waals surface area contributed by atoms with Gasteiger partial charge < -0.3 is 14.5 Å². The van der Waals surface area contributed by atoms with E-state index < -0.39 is 5.60 Å². The Balaban J connectivity index is 1.38. The van der Waals surface area contributed by atoms with Gasteiger partial charge in [-0.25, -0.2) is 19.2 Å². The van der Waals surface area contributed by atoms with Crippen LogP contribution in [0.25, 0.3) is 28.0 Å². The number of thioether (sulfide) groups is 1. The maximum absolute atomic E-state index is 14.2. The molecule has 0 spiro atoms. The van der Waals surface area contributed by atoms with Crippen LogP contribution in [-0.4, -0.2) is 74.4 Å². The second-order valence-corrected chi connectivity index (χ2v) is 11.2. The van der Waals surface area contributed by atoms with E-state index >= 15 is 0 Å². The molecule has 5 rings (SSSR count). The average molecular weight is 548 g/mol. The van der Waals surface area contributed by atoms with E-state index in [1.165, 1.54) is 6.07 Å². The molecule has 1 aliphatic heterocycles. The molecule has 2 aromatic heterocycles. The fourth-order valence-corrected chi connectivity index (χ4v) is 5.14. The third-order valence-corrected chi connectivity index (χ3v) is 7.26. The Labute approximate surface area is 230 Å². The number of ether oxygens (including phenoxy) is 1. The highest BCUT2D eigenvalue weighted by Gasteiger charge is 2.28. The minimum Gasteiger partial charge on any atom is -0.444 e. The van der Waals surface area contributed by atoms with E-state index in [2.05, 4.69) is 9.97 Å². The van der Waals surface area contributed by atoms with Crippen molar-refractivity contribution in [2.75, 3.05) is 32.4 Å². The summed E-state index contributed by atoms with van der Waals surface area (Å²) in [7, 11) is 0. The highest BCUT2D eigenvalue weighted by atomic mass is 32.2. The van der Waals surface area contributed by atoms with E-state index in [0.29, 0.717) is 48.8 Å². The number of nitrogens with zero attached hydrogens (tertiary/aromatic N) is 5. The smallest absolute Gasteiger partial charge is 0.410 e. The van der Waals surface area contributed by atoms with Crippen LogP contribution in [0.4, 0.5) is 9.18 Å². The van der Waals surface area contributed by atoms with Gasteiger partial charge in [0.05, 0.1) is 5.52 Å². The quantitative estimate of drug-likeness (QED) is 0.308. The molecule has 0 saturated carbocycles. The number of hydrogen-bond acceptors (Lipinski definition) is 6. The molecule has 0 atom stereocenters. The number of carbonyl (C=O) groups excluding carboxylic acids is 2. The van der Waals surface area contributed by atoms with E-state index in [1.54, 1.807) is 52.2 Å². The molecule has 0 bridgehead atoms. The van der Waals surface area contributed by atoms with Crippen molar-refractivity contribution < 1.29 is 18.7 Å². The number of halogens is 1. The zero-order valence-corrected chi connectivity index (χ0v) is 23.2. The van der Waals surface area contributed by atoms with E-state index in [1.807, 2.05) is 56.0 Å². The first kappa shape index (κ1) is 26.7. The second-order valence-electron chi connectivity index (χ2n) is 10.3. The van der Waals surface area contributed by atoms with Gasteiger partial charge in [-0.05, 0) is 45.2 Å². The predicted octanol–water partition coefficient (Wildman–Crippen LogP) is 5.64. The van der Waals surface area contributed by atoms with Gasteiger partial charge in [-0.15, -0.1) is 11.8 Å². The van der Waals surface area contributed by atoms with Crippen LogP contribution in [0.2, 0.25) is 0 Å². The standard InChI is InChI=1S/C29H30FN5O3S/c1-29(2,3)38-28(37)34-13-11-33(12-14-34)26(36)19-9-10-22-24(15-19)35(18-25(22)39-4)27-31-16-20(17-32-27)21-7-5-6-8-23(21)30/h5-10,15-18H,11-14H2,1-4H3. The van der Waals surface area contributed by atoms with Crippen LogP contribution in [0.3, 0.4) is 0 Å². The fourth-order valence-electron chi connectivity index (χ4n) is 4.54. The zero-order valence-electron chi connectivity index (χ0n) is 22.3. The molecule has 2 aromatic carbocycles. The number of amides is 2. The van der Waals surface area contributed by atoms with Crippen molar-refractivity contribution in [3.05, 3.63) is 72.4 Å². The summed E-state index contributed by atoms with van der Waals surface area (Å²) in [6.07, 6.45) is 6.78. The van der Waals surface area contributed by atoms with Crippen molar-refractivity contribution in [1.29, 1.82) is 0 Å². The molecule has 0 N–H and O–H groups in total. The summed E-state index contributed by atoms with van der Waals surface area (Å²) >= 11 is 1.59. The van der Waals surface area contributed by atoms with Gasteiger partial charge in [0.1, 0.15) is 11.4 Å². The third-order valence-electron chi connectivity index (χ3n) is 6.49. The Hall–Kier alpha value is -3.92. The molecule has 202 valence electrons. The normalized spacial score (nSPS) is 14.1. The van der Waals surface area contributed by atoms with Crippen LogP contribution < -0.4 is 0 Å². The fraction of sp³-hybridized carbons (Fsp3) is 0.310. The third kappa shape index (κ3) is 5.61. The molecule has 1 fully saturated rings. The maximum atomic E-state index is 14.2. The molecular weight excluding hydrogens is 517 g/mol. The Morgan fingerprint density at radius 1 is 0.974 bits per heavy atom. The van der Waals surface area contributed by atoms with Gasteiger partial charge in [-0.1, -0.05) is 24.3 Å². The zero-order chi connectivity index (χ0) is 27.7. The summed E-state index contributed by atoms with van der Waals surface area (Å²) in [6.45, 7) is 7.18. The number of carbonyl (C=O) groups is 2. The molecule has 10 heteroatoms. The topological polar surface area (TPSA) is 80.6 Å². The van der Waals surface area contributed by atoms with Crippen LogP contribution in [0.15, 0.2) is 66.0 Å². The van der Waals surface area contributed by atoms with Crippen molar-refractivity contribution in [1.82, 2.24) is 24.3 Å². The first-order valence-electron chi connectivity index (χ1n) is 12.7. The largest absolute Gasteiger partial charge is 0.444 e. The number of rotatable bonds is 4. The summed E-state index contributed by atoms with van der Waals surface area (Å²) in [4.78, 5) is 39.2. The molecule has 0 radical (unpaired) electrons. The minimum atomic E-state index is -0.564. The summed E-state index contributed by atoms with van der Waals surface area (Å²) in [5.41, 5.74) is 1.80. The van der Waals surface area contributed by atoms with E-state index in [9.17, 15) is 14.0 Å². The first-order valence-corrected chi connectivity index (χ1v) is 13.9. The van der Waals surface area contributed by atoms with Gasteiger partial charge in [0.15, 0.2) is 0 Å². The van der Waals surface area contributed by atoms with Crippen molar-refractivity contribution in [2.45, 2.75) is 31.3 Å².